The standard InChI is InChI=1S/C14H22N4O2/c1-20-8-4-7-15-14-16-9-11(10-17-14)13(19)18-12-5-2-3-6-12/h9-10,12H,2-8H2,1H3,(H,18,19)(H,15,16,17). The summed E-state index contributed by atoms with van der Waals surface area (Å²) in [6, 6.07) is 0.314. The van der Waals surface area contributed by atoms with Crippen LogP contribution >= 0.6 is 0 Å². The predicted octanol–water partition coefficient (Wildman–Crippen LogP) is 1.60. The van der Waals surface area contributed by atoms with E-state index in [1.54, 1.807) is 19.5 Å². The molecule has 0 spiro atoms. The van der Waals surface area contributed by atoms with Crippen molar-refractivity contribution < 1.29 is 9.53 Å². The fraction of sp³-hybridized carbons (Fsp3) is 0.643. The van der Waals surface area contributed by atoms with Crippen LogP contribution in [0.1, 0.15) is 42.5 Å². The molecule has 1 amide bonds. The Balaban J connectivity index is 1.79. The van der Waals surface area contributed by atoms with Crippen molar-refractivity contribution in [1.82, 2.24) is 15.3 Å². The van der Waals surface area contributed by atoms with E-state index in [-0.39, 0.29) is 5.91 Å². The highest BCUT2D eigenvalue weighted by atomic mass is 16.5. The molecule has 1 fully saturated rings. The number of nitrogens with zero attached hydrogens (tertiary/aromatic N) is 2. The summed E-state index contributed by atoms with van der Waals surface area (Å²) in [4.78, 5) is 20.3. The van der Waals surface area contributed by atoms with Gasteiger partial charge in [0.1, 0.15) is 0 Å². The minimum Gasteiger partial charge on any atom is -0.385 e. The first-order valence-electron chi connectivity index (χ1n) is 7.15. The number of hydrogen-bond donors (Lipinski definition) is 2. The normalized spacial score (nSPS) is 15.2. The molecule has 0 radical (unpaired) electrons. The molecular weight excluding hydrogens is 256 g/mol. The van der Waals surface area contributed by atoms with Crippen LogP contribution in [0.5, 0.6) is 0 Å². The fourth-order valence-corrected chi connectivity index (χ4v) is 2.29. The summed E-state index contributed by atoms with van der Waals surface area (Å²) < 4.78 is 4.96. The van der Waals surface area contributed by atoms with Gasteiger partial charge < -0.3 is 15.4 Å². The number of rotatable bonds is 7. The van der Waals surface area contributed by atoms with Crippen molar-refractivity contribution in [1.29, 1.82) is 0 Å². The van der Waals surface area contributed by atoms with Gasteiger partial charge in [-0.15, -0.1) is 0 Å². The Bertz CT molecular complexity index is 416. The summed E-state index contributed by atoms with van der Waals surface area (Å²) in [5, 5.41) is 6.10. The van der Waals surface area contributed by atoms with Crippen LogP contribution < -0.4 is 10.6 Å². The third kappa shape index (κ3) is 4.45. The van der Waals surface area contributed by atoms with Crippen LogP contribution in [0, 0.1) is 0 Å². The molecule has 1 heterocycles. The van der Waals surface area contributed by atoms with Crippen molar-refractivity contribution in [2.75, 3.05) is 25.6 Å². The monoisotopic (exact) mass is 278 g/mol. The number of carbonyl (C=O) groups is 1. The van der Waals surface area contributed by atoms with E-state index in [1.165, 1.54) is 12.8 Å². The molecule has 0 aliphatic heterocycles. The van der Waals surface area contributed by atoms with E-state index in [0.29, 0.717) is 24.2 Å². The minimum atomic E-state index is -0.0807. The molecule has 0 atom stereocenters. The van der Waals surface area contributed by atoms with Crippen LogP contribution in [-0.2, 0) is 4.74 Å². The third-order valence-corrected chi connectivity index (χ3v) is 3.41. The number of aromatic nitrogens is 2. The van der Waals surface area contributed by atoms with Gasteiger partial charge in [-0.3, -0.25) is 4.79 Å². The number of ether oxygens (including phenoxy) is 1. The fourth-order valence-electron chi connectivity index (χ4n) is 2.29. The second-order valence-corrected chi connectivity index (χ2v) is 5.02. The van der Waals surface area contributed by atoms with Crippen molar-refractivity contribution >= 4 is 11.9 Å². The lowest BCUT2D eigenvalue weighted by atomic mass is 10.2. The molecule has 1 aliphatic rings. The first-order valence-corrected chi connectivity index (χ1v) is 7.15. The lowest BCUT2D eigenvalue weighted by Gasteiger charge is -2.11. The molecule has 0 aromatic carbocycles. The van der Waals surface area contributed by atoms with Gasteiger partial charge in [-0.2, -0.15) is 0 Å². The molecule has 0 saturated heterocycles. The number of methoxy groups -OCH3 is 1. The molecule has 0 bridgehead atoms. The predicted molar refractivity (Wildman–Crippen MR) is 76.7 cm³/mol. The van der Waals surface area contributed by atoms with E-state index in [9.17, 15) is 4.79 Å². The van der Waals surface area contributed by atoms with Crippen molar-refractivity contribution in [2.45, 2.75) is 38.1 Å². The van der Waals surface area contributed by atoms with Crippen LogP contribution in [0.4, 0.5) is 5.95 Å². The van der Waals surface area contributed by atoms with Gasteiger partial charge in [0.15, 0.2) is 0 Å². The first kappa shape index (κ1) is 14.7. The van der Waals surface area contributed by atoms with Gasteiger partial charge in [0.05, 0.1) is 5.56 Å². The summed E-state index contributed by atoms with van der Waals surface area (Å²) >= 11 is 0. The first-order chi connectivity index (χ1) is 9.79. The van der Waals surface area contributed by atoms with Crippen molar-refractivity contribution in [3.8, 4) is 0 Å². The molecule has 6 heteroatoms. The maximum absolute atomic E-state index is 12.0. The third-order valence-electron chi connectivity index (χ3n) is 3.41. The van der Waals surface area contributed by atoms with Gasteiger partial charge >= 0.3 is 0 Å². The molecule has 1 aromatic heterocycles. The van der Waals surface area contributed by atoms with Crippen LogP contribution in [0.25, 0.3) is 0 Å². The van der Waals surface area contributed by atoms with E-state index < -0.39 is 0 Å². The molecule has 0 unspecified atom stereocenters. The second-order valence-electron chi connectivity index (χ2n) is 5.02. The van der Waals surface area contributed by atoms with Gasteiger partial charge in [0.25, 0.3) is 5.91 Å². The molecule has 6 nitrogen and oxygen atoms in total. The highest BCUT2D eigenvalue weighted by Crippen LogP contribution is 2.18. The van der Waals surface area contributed by atoms with Gasteiger partial charge in [0.2, 0.25) is 5.95 Å². The Morgan fingerprint density at radius 3 is 2.70 bits per heavy atom. The lowest BCUT2D eigenvalue weighted by molar-refractivity contribution is 0.0937. The zero-order valence-corrected chi connectivity index (χ0v) is 11.9. The lowest BCUT2D eigenvalue weighted by Crippen LogP contribution is -2.32. The van der Waals surface area contributed by atoms with Crippen LogP contribution in [-0.4, -0.2) is 42.2 Å². The number of nitrogens with one attached hydrogen (secondary N) is 2. The average Bonchev–Trinajstić information content (AvgIpc) is 2.97. The Labute approximate surface area is 119 Å². The smallest absolute Gasteiger partial charge is 0.254 e. The van der Waals surface area contributed by atoms with E-state index in [0.717, 1.165) is 25.8 Å². The van der Waals surface area contributed by atoms with E-state index in [1.807, 2.05) is 0 Å². The van der Waals surface area contributed by atoms with Gasteiger partial charge in [0, 0.05) is 38.7 Å². The summed E-state index contributed by atoms with van der Waals surface area (Å²) in [7, 11) is 1.67. The van der Waals surface area contributed by atoms with Gasteiger partial charge in [-0.1, -0.05) is 12.8 Å². The molecule has 2 rings (SSSR count). The largest absolute Gasteiger partial charge is 0.385 e. The zero-order chi connectivity index (χ0) is 14.2. The number of anilines is 1. The Morgan fingerprint density at radius 1 is 1.35 bits per heavy atom. The molecular formula is C14H22N4O2. The van der Waals surface area contributed by atoms with Crippen LogP contribution in [0.15, 0.2) is 12.4 Å². The van der Waals surface area contributed by atoms with Crippen LogP contribution in [0.3, 0.4) is 0 Å². The Morgan fingerprint density at radius 2 is 2.05 bits per heavy atom. The number of hydrogen-bond acceptors (Lipinski definition) is 5. The van der Waals surface area contributed by atoms with Crippen molar-refractivity contribution in [3.63, 3.8) is 0 Å². The topological polar surface area (TPSA) is 76.1 Å². The Hall–Kier alpha value is -1.69. The quantitative estimate of drug-likeness (QED) is 0.741. The molecule has 1 aliphatic carbocycles. The van der Waals surface area contributed by atoms with Gasteiger partial charge in [-0.05, 0) is 19.3 Å². The number of amides is 1. The zero-order valence-electron chi connectivity index (χ0n) is 11.9. The highest BCUT2D eigenvalue weighted by Gasteiger charge is 2.18. The van der Waals surface area contributed by atoms with Gasteiger partial charge in [-0.25, -0.2) is 9.97 Å². The number of carbonyl (C=O) groups excluding carboxylic acids is 1. The molecule has 1 aromatic rings. The van der Waals surface area contributed by atoms with E-state index in [4.69, 9.17) is 4.74 Å². The molecule has 2 N–H and O–H groups in total. The molecule has 110 valence electrons. The summed E-state index contributed by atoms with van der Waals surface area (Å²) in [6.45, 7) is 1.45. The minimum absolute atomic E-state index is 0.0807. The molecule has 1 saturated carbocycles. The summed E-state index contributed by atoms with van der Waals surface area (Å²) in [5.74, 6) is 0.460. The maximum Gasteiger partial charge on any atom is 0.254 e. The second kappa shape index (κ2) is 7.79. The van der Waals surface area contributed by atoms with E-state index >= 15 is 0 Å². The highest BCUT2D eigenvalue weighted by molar-refractivity contribution is 5.93. The maximum atomic E-state index is 12.0. The molecule has 20 heavy (non-hydrogen) atoms. The van der Waals surface area contributed by atoms with E-state index in [2.05, 4.69) is 20.6 Å². The SMILES string of the molecule is COCCCNc1ncc(C(=O)NC2CCCC2)cn1. The van der Waals surface area contributed by atoms with Crippen LogP contribution in [0.2, 0.25) is 0 Å². The average molecular weight is 278 g/mol. The summed E-state index contributed by atoms with van der Waals surface area (Å²) in [6.07, 6.45) is 8.57. The summed E-state index contributed by atoms with van der Waals surface area (Å²) in [5.41, 5.74) is 0.513. The van der Waals surface area contributed by atoms with Crippen molar-refractivity contribution in [2.24, 2.45) is 0 Å². The van der Waals surface area contributed by atoms with Crippen molar-refractivity contribution in [3.05, 3.63) is 18.0 Å². The Kier molecular flexibility index (Phi) is 5.73.